The first-order chi connectivity index (χ1) is 12.2. The maximum Gasteiger partial charge on any atom is 0.191 e. The number of guanidine groups is 1. The first kappa shape index (κ1) is 22.6. The fourth-order valence-electron chi connectivity index (χ4n) is 2.32. The molecular weight excluding hydrogens is 457 g/mol. The number of nitrogens with zero attached hydrogens (tertiary/aromatic N) is 3. The van der Waals surface area contributed by atoms with Crippen LogP contribution < -0.4 is 15.5 Å². The van der Waals surface area contributed by atoms with E-state index in [2.05, 4.69) is 57.9 Å². The van der Waals surface area contributed by atoms with Crippen LogP contribution in [0.1, 0.15) is 12.5 Å². The molecule has 0 fully saturated rings. The molecule has 0 aliphatic heterocycles. The Hall–Kier alpha value is -1.48. The van der Waals surface area contributed by atoms with E-state index in [0.29, 0.717) is 6.54 Å². The number of benzene rings is 1. The second-order valence-corrected chi connectivity index (χ2v) is 6.83. The minimum absolute atomic E-state index is 0. The van der Waals surface area contributed by atoms with Gasteiger partial charge in [0.1, 0.15) is 5.82 Å². The molecule has 7 heteroatoms. The fourth-order valence-corrected chi connectivity index (χ4v) is 3.11. The van der Waals surface area contributed by atoms with Crippen molar-refractivity contribution in [3.63, 3.8) is 0 Å². The number of hydrogen-bond donors (Lipinski definition) is 2. The monoisotopic (exact) mass is 485 g/mol. The van der Waals surface area contributed by atoms with Crippen LogP contribution in [0.4, 0.5) is 5.82 Å². The van der Waals surface area contributed by atoms with Crippen LogP contribution in [0.2, 0.25) is 0 Å². The van der Waals surface area contributed by atoms with E-state index in [4.69, 9.17) is 0 Å². The molecule has 142 valence electrons. The highest BCUT2D eigenvalue weighted by Crippen LogP contribution is 2.16. The lowest BCUT2D eigenvalue weighted by atomic mass is 10.2. The number of aliphatic imine (C=N–C) groups is 1. The summed E-state index contributed by atoms with van der Waals surface area (Å²) in [5.74, 6) is 2.79. The van der Waals surface area contributed by atoms with Crippen LogP contribution in [0.3, 0.4) is 0 Å². The van der Waals surface area contributed by atoms with Crippen LogP contribution in [0.25, 0.3) is 0 Å². The van der Waals surface area contributed by atoms with Gasteiger partial charge in [-0.2, -0.15) is 0 Å². The molecule has 0 amide bonds. The minimum atomic E-state index is 0. The molecule has 0 unspecified atom stereocenters. The van der Waals surface area contributed by atoms with Crippen molar-refractivity contribution in [3.05, 3.63) is 54.2 Å². The normalized spacial score (nSPS) is 10.8. The number of pyridine rings is 1. The van der Waals surface area contributed by atoms with Crippen molar-refractivity contribution in [1.82, 2.24) is 15.6 Å². The third-order valence-corrected chi connectivity index (χ3v) is 4.46. The number of nitrogens with one attached hydrogen (secondary N) is 2. The summed E-state index contributed by atoms with van der Waals surface area (Å²) in [6, 6.07) is 14.5. The van der Waals surface area contributed by atoms with Gasteiger partial charge in [-0.25, -0.2) is 9.98 Å². The van der Waals surface area contributed by atoms with Crippen LogP contribution >= 0.6 is 35.7 Å². The summed E-state index contributed by atoms with van der Waals surface area (Å²) in [6.45, 7) is 4.37. The van der Waals surface area contributed by atoms with Crippen LogP contribution in [-0.2, 0) is 6.54 Å². The Bertz CT molecular complexity index is 664. The zero-order chi connectivity index (χ0) is 17.9. The van der Waals surface area contributed by atoms with Crippen molar-refractivity contribution >= 4 is 47.5 Å². The van der Waals surface area contributed by atoms with Crippen LogP contribution in [0.15, 0.2) is 58.5 Å². The molecular formula is C19H28IN5S. The molecule has 1 aromatic heterocycles. The first-order valence-electron chi connectivity index (χ1n) is 8.52. The van der Waals surface area contributed by atoms with E-state index in [0.717, 1.165) is 36.2 Å². The van der Waals surface area contributed by atoms with E-state index >= 15 is 0 Å². The second-order valence-electron chi connectivity index (χ2n) is 5.66. The van der Waals surface area contributed by atoms with Crippen molar-refractivity contribution in [2.75, 3.05) is 37.8 Å². The molecule has 26 heavy (non-hydrogen) atoms. The molecule has 0 bridgehead atoms. The Kier molecular flexibility index (Phi) is 11.1. The average molecular weight is 485 g/mol. The standard InChI is InChI=1S/C19H27N5S.HI/c1-4-20-19(22-13-14-25-17-10-6-5-7-11-17)23-15-16-9-8-12-21-18(16)24(2)3;/h5-12H,4,13-15H2,1-3H3,(H2,20,22,23);1H. The third-order valence-electron chi connectivity index (χ3n) is 3.45. The molecule has 1 heterocycles. The first-order valence-corrected chi connectivity index (χ1v) is 9.50. The summed E-state index contributed by atoms with van der Waals surface area (Å²) >= 11 is 1.84. The molecule has 1 aromatic carbocycles. The van der Waals surface area contributed by atoms with Crippen LogP contribution in [0.5, 0.6) is 0 Å². The van der Waals surface area contributed by atoms with Crippen LogP contribution in [-0.4, -0.2) is 43.9 Å². The van der Waals surface area contributed by atoms with E-state index < -0.39 is 0 Å². The topological polar surface area (TPSA) is 52.6 Å². The van der Waals surface area contributed by atoms with Gasteiger partial charge >= 0.3 is 0 Å². The lowest BCUT2D eigenvalue weighted by Gasteiger charge is -2.15. The van der Waals surface area contributed by atoms with Crippen LogP contribution in [0, 0.1) is 0 Å². The molecule has 2 rings (SSSR count). The Morgan fingerprint density at radius 2 is 1.88 bits per heavy atom. The zero-order valence-electron chi connectivity index (χ0n) is 15.6. The number of rotatable bonds is 8. The SMILES string of the molecule is CCNC(=NCc1cccnc1N(C)C)NCCSc1ccccc1.I. The summed E-state index contributed by atoms with van der Waals surface area (Å²) in [7, 11) is 4.00. The Labute approximate surface area is 178 Å². The number of halogens is 1. The Morgan fingerprint density at radius 3 is 2.58 bits per heavy atom. The smallest absolute Gasteiger partial charge is 0.191 e. The van der Waals surface area contributed by atoms with Gasteiger partial charge in [0.15, 0.2) is 5.96 Å². The maximum atomic E-state index is 4.69. The largest absolute Gasteiger partial charge is 0.362 e. The Morgan fingerprint density at radius 1 is 1.12 bits per heavy atom. The molecule has 0 radical (unpaired) electrons. The van der Waals surface area contributed by atoms with Gasteiger partial charge in [-0.3, -0.25) is 0 Å². The van der Waals surface area contributed by atoms with Gasteiger partial charge in [-0.05, 0) is 25.1 Å². The summed E-state index contributed by atoms with van der Waals surface area (Å²) < 4.78 is 0. The fraction of sp³-hybridized carbons (Fsp3) is 0.368. The van der Waals surface area contributed by atoms with Gasteiger partial charge in [0.25, 0.3) is 0 Å². The molecule has 0 aliphatic carbocycles. The lowest BCUT2D eigenvalue weighted by molar-refractivity contribution is 0.840. The summed E-state index contributed by atoms with van der Waals surface area (Å²) in [6.07, 6.45) is 1.81. The van der Waals surface area contributed by atoms with Crippen molar-refractivity contribution in [3.8, 4) is 0 Å². The van der Waals surface area contributed by atoms with Gasteiger partial charge in [0.05, 0.1) is 6.54 Å². The van der Waals surface area contributed by atoms with Crippen molar-refractivity contribution in [2.45, 2.75) is 18.4 Å². The number of anilines is 1. The van der Waals surface area contributed by atoms with Crippen molar-refractivity contribution in [2.24, 2.45) is 4.99 Å². The zero-order valence-corrected chi connectivity index (χ0v) is 18.8. The lowest BCUT2D eigenvalue weighted by Crippen LogP contribution is -2.38. The second kappa shape index (κ2) is 12.8. The van der Waals surface area contributed by atoms with E-state index in [1.807, 2.05) is 49.1 Å². The number of thioether (sulfide) groups is 1. The predicted molar refractivity (Wildman–Crippen MR) is 124 cm³/mol. The van der Waals surface area contributed by atoms with Gasteiger partial charge in [0, 0.05) is 49.6 Å². The highest BCUT2D eigenvalue weighted by molar-refractivity contribution is 14.0. The van der Waals surface area contributed by atoms with E-state index in [9.17, 15) is 0 Å². The third kappa shape index (κ3) is 7.82. The molecule has 0 spiro atoms. The van der Waals surface area contributed by atoms with Gasteiger partial charge in [-0.1, -0.05) is 24.3 Å². The van der Waals surface area contributed by atoms with E-state index in [1.165, 1.54) is 4.90 Å². The molecule has 2 aromatic rings. The molecule has 0 saturated carbocycles. The molecule has 0 atom stereocenters. The summed E-state index contributed by atoms with van der Waals surface area (Å²) in [5.41, 5.74) is 1.11. The quantitative estimate of drug-likeness (QED) is 0.197. The molecule has 0 saturated heterocycles. The van der Waals surface area contributed by atoms with Gasteiger partial charge in [-0.15, -0.1) is 35.7 Å². The number of aromatic nitrogens is 1. The average Bonchev–Trinajstić information content (AvgIpc) is 2.64. The highest BCUT2D eigenvalue weighted by Gasteiger charge is 2.05. The number of hydrogen-bond acceptors (Lipinski definition) is 4. The summed E-state index contributed by atoms with van der Waals surface area (Å²) in [5, 5.41) is 6.69. The van der Waals surface area contributed by atoms with E-state index in [-0.39, 0.29) is 24.0 Å². The van der Waals surface area contributed by atoms with Crippen molar-refractivity contribution in [1.29, 1.82) is 0 Å². The van der Waals surface area contributed by atoms with Crippen molar-refractivity contribution < 1.29 is 0 Å². The molecule has 5 nitrogen and oxygen atoms in total. The molecule has 0 aliphatic rings. The molecule has 2 N–H and O–H groups in total. The van der Waals surface area contributed by atoms with Gasteiger partial charge in [0.2, 0.25) is 0 Å². The highest BCUT2D eigenvalue weighted by atomic mass is 127. The van der Waals surface area contributed by atoms with E-state index in [1.54, 1.807) is 0 Å². The summed E-state index contributed by atoms with van der Waals surface area (Å²) in [4.78, 5) is 12.4. The van der Waals surface area contributed by atoms with Gasteiger partial charge < -0.3 is 15.5 Å². The maximum absolute atomic E-state index is 4.69. The minimum Gasteiger partial charge on any atom is -0.362 e. The predicted octanol–water partition coefficient (Wildman–Crippen LogP) is 3.61. The Balaban J connectivity index is 0.00000338.